The molecular weight excluding hydrogens is 240 g/mol. The zero-order valence-electron chi connectivity index (χ0n) is 11.2. The summed E-state index contributed by atoms with van der Waals surface area (Å²) < 4.78 is 0. The van der Waals surface area contributed by atoms with Crippen molar-refractivity contribution in [2.75, 3.05) is 13.1 Å². The van der Waals surface area contributed by atoms with Gasteiger partial charge in [0.15, 0.2) is 0 Å². The zero-order chi connectivity index (χ0) is 13.7. The second kappa shape index (κ2) is 6.68. The van der Waals surface area contributed by atoms with E-state index in [2.05, 4.69) is 29.2 Å². The molecule has 4 nitrogen and oxygen atoms in total. The maximum atomic E-state index is 10.7. The Morgan fingerprint density at radius 1 is 1.32 bits per heavy atom. The van der Waals surface area contributed by atoms with Crippen LogP contribution < -0.4 is 5.73 Å². The predicted octanol–water partition coefficient (Wildman–Crippen LogP) is 1.70. The minimum Gasteiger partial charge on any atom is -0.480 e. The molecule has 0 radical (unpaired) electrons. The first-order valence-corrected chi connectivity index (χ1v) is 6.90. The molecule has 19 heavy (non-hydrogen) atoms. The maximum absolute atomic E-state index is 10.7. The molecule has 0 aromatic heterocycles. The summed E-state index contributed by atoms with van der Waals surface area (Å²) >= 11 is 0. The Morgan fingerprint density at radius 2 is 1.95 bits per heavy atom. The van der Waals surface area contributed by atoms with Crippen LogP contribution in [0.5, 0.6) is 0 Å². The number of hydrogen-bond donors (Lipinski definition) is 2. The SMILES string of the molecule is NC(CC1CCN(Cc2ccccc2)CC1)C(=O)O. The van der Waals surface area contributed by atoms with Crippen molar-refractivity contribution in [1.29, 1.82) is 0 Å². The lowest BCUT2D eigenvalue weighted by Gasteiger charge is -2.32. The van der Waals surface area contributed by atoms with Crippen LogP contribution in [0.1, 0.15) is 24.8 Å². The molecule has 4 heteroatoms. The molecule has 2 rings (SSSR count). The molecule has 1 aromatic carbocycles. The number of nitrogens with zero attached hydrogens (tertiary/aromatic N) is 1. The third kappa shape index (κ3) is 4.33. The second-order valence-corrected chi connectivity index (χ2v) is 5.39. The van der Waals surface area contributed by atoms with Gasteiger partial charge in [0.1, 0.15) is 6.04 Å². The van der Waals surface area contributed by atoms with Crippen LogP contribution in [0.25, 0.3) is 0 Å². The number of benzene rings is 1. The van der Waals surface area contributed by atoms with Crippen molar-refractivity contribution in [2.45, 2.75) is 31.8 Å². The van der Waals surface area contributed by atoms with Crippen LogP contribution in [-0.4, -0.2) is 35.1 Å². The molecular formula is C15H22N2O2. The highest BCUT2D eigenvalue weighted by molar-refractivity contribution is 5.73. The minimum absolute atomic E-state index is 0.457. The van der Waals surface area contributed by atoms with E-state index in [1.807, 2.05) is 6.07 Å². The van der Waals surface area contributed by atoms with Crippen LogP contribution in [0.3, 0.4) is 0 Å². The van der Waals surface area contributed by atoms with Crippen molar-refractivity contribution >= 4 is 5.97 Å². The smallest absolute Gasteiger partial charge is 0.320 e. The fraction of sp³-hybridized carbons (Fsp3) is 0.533. The molecule has 1 aliphatic rings. The van der Waals surface area contributed by atoms with Gasteiger partial charge < -0.3 is 10.8 Å². The Hall–Kier alpha value is -1.39. The van der Waals surface area contributed by atoms with Gasteiger partial charge in [-0.3, -0.25) is 9.69 Å². The van der Waals surface area contributed by atoms with Gasteiger partial charge in [-0.25, -0.2) is 0 Å². The van der Waals surface area contributed by atoms with Gasteiger partial charge in [0.2, 0.25) is 0 Å². The summed E-state index contributed by atoms with van der Waals surface area (Å²) in [6.07, 6.45) is 2.70. The molecule has 0 amide bonds. The number of aliphatic carboxylic acids is 1. The monoisotopic (exact) mass is 262 g/mol. The second-order valence-electron chi connectivity index (χ2n) is 5.39. The normalized spacial score (nSPS) is 19.2. The largest absolute Gasteiger partial charge is 0.480 e. The third-order valence-electron chi connectivity index (χ3n) is 3.86. The Labute approximate surface area is 114 Å². The number of piperidine rings is 1. The fourth-order valence-corrected chi connectivity index (χ4v) is 2.68. The molecule has 1 fully saturated rings. The van der Waals surface area contributed by atoms with E-state index in [0.717, 1.165) is 32.5 Å². The van der Waals surface area contributed by atoms with Crippen molar-refractivity contribution in [3.05, 3.63) is 35.9 Å². The van der Waals surface area contributed by atoms with Crippen LogP contribution in [0, 0.1) is 5.92 Å². The van der Waals surface area contributed by atoms with E-state index in [1.165, 1.54) is 5.56 Å². The highest BCUT2D eigenvalue weighted by Crippen LogP contribution is 2.22. The first-order chi connectivity index (χ1) is 9.15. The Bertz CT molecular complexity index is 400. The van der Waals surface area contributed by atoms with Crippen molar-refractivity contribution in [3.63, 3.8) is 0 Å². The first kappa shape index (κ1) is 14.0. The van der Waals surface area contributed by atoms with E-state index in [1.54, 1.807) is 0 Å². The number of carboxylic acid groups (broad SMARTS) is 1. The van der Waals surface area contributed by atoms with Gasteiger partial charge in [-0.05, 0) is 43.8 Å². The molecule has 0 bridgehead atoms. The summed E-state index contributed by atoms with van der Waals surface area (Å²) in [5.41, 5.74) is 6.93. The van der Waals surface area contributed by atoms with Crippen LogP contribution in [-0.2, 0) is 11.3 Å². The van der Waals surface area contributed by atoms with Crippen molar-refractivity contribution in [3.8, 4) is 0 Å². The van der Waals surface area contributed by atoms with E-state index in [4.69, 9.17) is 10.8 Å². The van der Waals surface area contributed by atoms with E-state index in [-0.39, 0.29) is 0 Å². The van der Waals surface area contributed by atoms with Gasteiger partial charge >= 0.3 is 5.97 Å². The topological polar surface area (TPSA) is 66.6 Å². The molecule has 1 unspecified atom stereocenters. The van der Waals surface area contributed by atoms with Crippen molar-refractivity contribution in [1.82, 2.24) is 4.90 Å². The van der Waals surface area contributed by atoms with E-state index in [0.29, 0.717) is 12.3 Å². The molecule has 1 aliphatic heterocycles. The van der Waals surface area contributed by atoms with Crippen molar-refractivity contribution in [2.24, 2.45) is 11.7 Å². The third-order valence-corrected chi connectivity index (χ3v) is 3.86. The summed E-state index contributed by atoms with van der Waals surface area (Å²) in [7, 11) is 0. The van der Waals surface area contributed by atoms with Crippen molar-refractivity contribution < 1.29 is 9.90 Å². The van der Waals surface area contributed by atoms with Crippen LogP contribution in [0.15, 0.2) is 30.3 Å². The molecule has 0 saturated carbocycles. The Morgan fingerprint density at radius 3 is 2.53 bits per heavy atom. The fourth-order valence-electron chi connectivity index (χ4n) is 2.68. The summed E-state index contributed by atoms with van der Waals surface area (Å²) in [4.78, 5) is 13.2. The number of hydrogen-bond acceptors (Lipinski definition) is 3. The lowest BCUT2D eigenvalue weighted by Crippen LogP contribution is -2.38. The number of rotatable bonds is 5. The first-order valence-electron chi connectivity index (χ1n) is 6.90. The maximum Gasteiger partial charge on any atom is 0.320 e. The van der Waals surface area contributed by atoms with Crippen LogP contribution in [0.4, 0.5) is 0 Å². The summed E-state index contributed by atoms with van der Waals surface area (Å²) in [6.45, 7) is 3.05. The Kier molecular flexibility index (Phi) is 4.93. The highest BCUT2D eigenvalue weighted by atomic mass is 16.4. The molecule has 1 aromatic rings. The number of carbonyl (C=O) groups is 1. The van der Waals surface area contributed by atoms with E-state index < -0.39 is 12.0 Å². The molecule has 1 heterocycles. The van der Waals surface area contributed by atoms with Gasteiger partial charge in [0, 0.05) is 6.54 Å². The summed E-state index contributed by atoms with van der Waals surface area (Å²) in [5, 5.41) is 8.82. The number of likely N-dealkylation sites (tertiary alicyclic amines) is 1. The molecule has 3 N–H and O–H groups in total. The minimum atomic E-state index is -0.883. The van der Waals surface area contributed by atoms with Gasteiger partial charge in [0.25, 0.3) is 0 Å². The van der Waals surface area contributed by atoms with Crippen LogP contribution >= 0.6 is 0 Å². The standard InChI is InChI=1S/C15H22N2O2/c16-14(15(18)19)10-12-6-8-17(9-7-12)11-13-4-2-1-3-5-13/h1-5,12,14H,6-11,16H2,(H,18,19). The van der Waals surface area contributed by atoms with Gasteiger partial charge in [-0.1, -0.05) is 30.3 Å². The molecule has 0 spiro atoms. The average Bonchev–Trinajstić information content (AvgIpc) is 2.42. The van der Waals surface area contributed by atoms with Gasteiger partial charge in [0.05, 0.1) is 0 Å². The quantitative estimate of drug-likeness (QED) is 0.847. The summed E-state index contributed by atoms with van der Waals surface area (Å²) in [6, 6.07) is 9.75. The molecule has 1 saturated heterocycles. The predicted molar refractivity (Wildman–Crippen MR) is 74.7 cm³/mol. The van der Waals surface area contributed by atoms with E-state index in [9.17, 15) is 4.79 Å². The van der Waals surface area contributed by atoms with Gasteiger partial charge in [-0.2, -0.15) is 0 Å². The highest BCUT2D eigenvalue weighted by Gasteiger charge is 2.23. The molecule has 0 aliphatic carbocycles. The average molecular weight is 262 g/mol. The Balaban J connectivity index is 1.75. The van der Waals surface area contributed by atoms with E-state index >= 15 is 0 Å². The lowest BCUT2D eigenvalue weighted by molar-refractivity contribution is -0.139. The van der Waals surface area contributed by atoms with Gasteiger partial charge in [-0.15, -0.1) is 0 Å². The lowest BCUT2D eigenvalue weighted by atomic mass is 9.90. The number of nitrogens with two attached hydrogens (primary N) is 1. The number of carboxylic acids is 1. The van der Waals surface area contributed by atoms with Crippen LogP contribution in [0.2, 0.25) is 0 Å². The molecule has 1 atom stereocenters. The molecule has 104 valence electrons. The summed E-state index contributed by atoms with van der Waals surface area (Å²) in [5.74, 6) is -0.426. The zero-order valence-corrected chi connectivity index (χ0v) is 11.2.